The second-order valence-electron chi connectivity index (χ2n) is 7.80. The number of rotatable bonds is 1. The molecule has 0 bridgehead atoms. The molecule has 0 aromatic heterocycles. The molecule has 18 heavy (non-hydrogen) atoms. The molecule has 0 saturated heterocycles. The summed E-state index contributed by atoms with van der Waals surface area (Å²) in [6.07, 6.45) is 12.2. The van der Waals surface area contributed by atoms with Gasteiger partial charge in [0.2, 0.25) is 0 Å². The standard InChI is InChI=1S/C18H32/c1-4-14-10-9-12(2)18-16-8-6-5-7-15(16)11-13(3)17(14)18/h12-18H,4-11H2,1-3H3. The van der Waals surface area contributed by atoms with Crippen molar-refractivity contribution in [2.45, 2.75) is 72.1 Å². The summed E-state index contributed by atoms with van der Waals surface area (Å²) in [5.41, 5.74) is 0. The Hall–Kier alpha value is 0. The van der Waals surface area contributed by atoms with Gasteiger partial charge in [-0.2, -0.15) is 0 Å². The van der Waals surface area contributed by atoms with Crippen molar-refractivity contribution in [3.63, 3.8) is 0 Å². The molecule has 3 aliphatic rings. The maximum Gasteiger partial charge on any atom is -0.0324 e. The highest BCUT2D eigenvalue weighted by molar-refractivity contribution is 4.98. The minimum absolute atomic E-state index is 1.02. The SMILES string of the molecule is CCC1CCC(C)C2C3CCCCC3CC(C)C12. The molecule has 3 aliphatic carbocycles. The molecule has 0 aromatic carbocycles. The zero-order chi connectivity index (χ0) is 12.7. The van der Waals surface area contributed by atoms with E-state index in [4.69, 9.17) is 0 Å². The second-order valence-corrected chi connectivity index (χ2v) is 7.80. The van der Waals surface area contributed by atoms with Crippen LogP contribution >= 0.6 is 0 Å². The molecule has 0 spiro atoms. The van der Waals surface area contributed by atoms with E-state index in [1.54, 1.807) is 19.3 Å². The van der Waals surface area contributed by atoms with Gasteiger partial charge in [-0.3, -0.25) is 0 Å². The lowest BCUT2D eigenvalue weighted by molar-refractivity contribution is -0.0670. The summed E-state index contributed by atoms with van der Waals surface area (Å²) in [5.74, 6) is 7.49. The van der Waals surface area contributed by atoms with Crippen molar-refractivity contribution >= 4 is 0 Å². The third-order valence-electron chi connectivity index (χ3n) is 6.96. The summed E-state index contributed by atoms with van der Waals surface area (Å²) in [4.78, 5) is 0. The summed E-state index contributed by atoms with van der Waals surface area (Å²) in [6.45, 7) is 7.60. The van der Waals surface area contributed by atoms with Gasteiger partial charge in [-0.25, -0.2) is 0 Å². The first-order valence-electron chi connectivity index (χ1n) is 8.72. The molecule has 0 heteroatoms. The van der Waals surface area contributed by atoms with Gasteiger partial charge in [-0.05, 0) is 60.7 Å². The van der Waals surface area contributed by atoms with Gasteiger partial charge in [0.15, 0.2) is 0 Å². The molecule has 0 amide bonds. The van der Waals surface area contributed by atoms with E-state index in [1.165, 1.54) is 32.1 Å². The minimum Gasteiger partial charge on any atom is -0.0651 e. The quantitative estimate of drug-likeness (QED) is 0.573. The van der Waals surface area contributed by atoms with Crippen LogP contribution in [0.15, 0.2) is 0 Å². The molecule has 0 nitrogen and oxygen atoms in total. The molecule has 3 saturated carbocycles. The van der Waals surface area contributed by atoms with E-state index in [-0.39, 0.29) is 0 Å². The Morgan fingerprint density at radius 1 is 0.833 bits per heavy atom. The monoisotopic (exact) mass is 248 g/mol. The highest BCUT2D eigenvalue weighted by Crippen LogP contribution is 2.57. The van der Waals surface area contributed by atoms with Crippen LogP contribution in [-0.4, -0.2) is 0 Å². The summed E-state index contributed by atoms with van der Waals surface area (Å²) in [5, 5.41) is 0. The topological polar surface area (TPSA) is 0 Å². The van der Waals surface area contributed by atoms with E-state index in [1.807, 2.05) is 0 Å². The Kier molecular flexibility index (Phi) is 3.74. The van der Waals surface area contributed by atoms with Gasteiger partial charge >= 0.3 is 0 Å². The van der Waals surface area contributed by atoms with E-state index >= 15 is 0 Å². The van der Waals surface area contributed by atoms with Gasteiger partial charge in [-0.15, -0.1) is 0 Å². The molecule has 0 radical (unpaired) electrons. The molecule has 3 fully saturated rings. The average molecular weight is 248 g/mol. The average Bonchev–Trinajstić information content (AvgIpc) is 2.39. The van der Waals surface area contributed by atoms with Gasteiger partial charge in [0.25, 0.3) is 0 Å². The van der Waals surface area contributed by atoms with Crippen LogP contribution in [0.25, 0.3) is 0 Å². The van der Waals surface area contributed by atoms with Crippen molar-refractivity contribution in [1.82, 2.24) is 0 Å². The molecule has 104 valence electrons. The van der Waals surface area contributed by atoms with Crippen molar-refractivity contribution < 1.29 is 0 Å². The number of hydrogen-bond acceptors (Lipinski definition) is 0. The second kappa shape index (κ2) is 5.17. The Morgan fingerprint density at radius 3 is 2.39 bits per heavy atom. The van der Waals surface area contributed by atoms with Gasteiger partial charge in [0.05, 0.1) is 0 Å². The first-order chi connectivity index (χ1) is 8.72. The molecule has 3 rings (SSSR count). The molecule has 0 aliphatic heterocycles. The Morgan fingerprint density at radius 2 is 1.61 bits per heavy atom. The van der Waals surface area contributed by atoms with Gasteiger partial charge in [0.1, 0.15) is 0 Å². The number of fused-ring (bicyclic) bond motifs is 3. The van der Waals surface area contributed by atoms with Crippen molar-refractivity contribution in [3.05, 3.63) is 0 Å². The van der Waals surface area contributed by atoms with Crippen LogP contribution in [0.5, 0.6) is 0 Å². The lowest BCUT2D eigenvalue weighted by Gasteiger charge is -2.56. The van der Waals surface area contributed by atoms with Gasteiger partial charge in [0, 0.05) is 0 Å². The Balaban J connectivity index is 1.86. The lowest BCUT2D eigenvalue weighted by atomic mass is 9.49. The van der Waals surface area contributed by atoms with E-state index in [9.17, 15) is 0 Å². The fraction of sp³-hybridized carbons (Fsp3) is 1.00. The van der Waals surface area contributed by atoms with Gasteiger partial charge < -0.3 is 0 Å². The van der Waals surface area contributed by atoms with Crippen LogP contribution in [0.4, 0.5) is 0 Å². The van der Waals surface area contributed by atoms with Crippen molar-refractivity contribution in [2.24, 2.45) is 41.4 Å². The lowest BCUT2D eigenvalue weighted by Crippen LogP contribution is -2.48. The normalized spacial score (nSPS) is 52.5. The fourth-order valence-electron chi connectivity index (χ4n) is 6.25. The highest BCUT2D eigenvalue weighted by atomic mass is 14.5. The number of hydrogen-bond donors (Lipinski definition) is 0. The molecule has 0 heterocycles. The van der Waals surface area contributed by atoms with Crippen LogP contribution in [0, 0.1) is 41.4 Å². The molecule has 0 aromatic rings. The zero-order valence-corrected chi connectivity index (χ0v) is 12.7. The molecule has 0 N–H and O–H groups in total. The minimum atomic E-state index is 1.02. The van der Waals surface area contributed by atoms with Gasteiger partial charge in [-0.1, -0.05) is 52.9 Å². The summed E-state index contributed by atoms with van der Waals surface area (Å²) >= 11 is 0. The Bertz CT molecular complexity index is 282. The third-order valence-corrected chi connectivity index (χ3v) is 6.96. The smallest absolute Gasteiger partial charge is 0.0324 e. The van der Waals surface area contributed by atoms with E-state index in [2.05, 4.69) is 20.8 Å². The maximum absolute atomic E-state index is 2.59. The molecular weight excluding hydrogens is 216 g/mol. The van der Waals surface area contributed by atoms with Crippen molar-refractivity contribution in [1.29, 1.82) is 0 Å². The van der Waals surface area contributed by atoms with Crippen LogP contribution < -0.4 is 0 Å². The maximum atomic E-state index is 2.59. The van der Waals surface area contributed by atoms with E-state index < -0.39 is 0 Å². The predicted molar refractivity (Wildman–Crippen MR) is 78.4 cm³/mol. The van der Waals surface area contributed by atoms with E-state index in [0.29, 0.717) is 0 Å². The third kappa shape index (κ3) is 2.04. The Labute approximate surface area is 114 Å². The molecule has 7 atom stereocenters. The van der Waals surface area contributed by atoms with E-state index in [0.717, 1.165) is 41.4 Å². The molecule has 7 unspecified atom stereocenters. The van der Waals surface area contributed by atoms with Crippen LogP contribution in [0.2, 0.25) is 0 Å². The zero-order valence-electron chi connectivity index (χ0n) is 12.7. The summed E-state index contributed by atoms with van der Waals surface area (Å²) < 4.78 is 0. The highest BCUT2D eigenvalue weighted by Gasteiger charge is 2.49. The largest absolute Gasteiger partial charge is 0.0651 e. The first-order valence-corrected chi connectivity index (χ1v) is 8.72. The summed E-state index contributed by atoms with van der Waals surface area (Å²) in [6, 6.07) is 0. The first kappa shape index (κ1) is 13.0. The predicted octanol–water partition coefficient (Wildman–Crippen LogP) is 5.52. The van der Waals surface area contributed by atoms with Crippen LogP contribution in [0.1, 0.15) is 72.1 Å². The van der Waals surface area contributed by atoms with Crippen molar-refractivity contribution in [3.8, 4) is 0 Å². The molecular formula is C18H32. The summed E-state index contributed by atoms with van der Waals surface area (Å²) in [7, 11) is 0. The van der Waals surface area contributed by atoms with Crippen molar-refractivity contribution in [2.75, 3.05) is 0 Å². The fourth-order valence-corrected chi connectivity index (χ4v) is 6.25. The van der Waals surface area contributed by atoms with Crippen LogP contribution in [0.3, 0.4) is 0 Å². The van der Waals surface area contributed by atoms with Crippen LogP contribution in [-0.2, 0) is 0 Å².